The first-order valence-electron chi connectivity index (χ1n) is 5.25. The first kappa shape index (κ1) is 11.0. The summed E-state index contributed by atoms with van der Waals surface area (Å²) in [6, 6.07) is 4.37. The van der Waals surface area contributed by atoms with Crippen LogP contribution in [-0.2, 0) is 6.54 Å². The molecule has 1 saturated heterocycles. The standard InChI is InChI=1S/C11H15BrN2O/c12-11-4-3-9(6-13-11)7-14-5-1-2-10(14)8-15/h3-4,6,10,15H,1-2,5,7-8H2/t10-/m0/s1. The Labute approximate surface area is 98.3 Å². The predicted octanol–water partition coefficient (Wildman–Crippen LogP) is 1.80. The fourth-order valence-electron chi connectivity index (χ4n) is 2.04. The number of halogens is 1. The number of aliphatic hydroxyl groups excluding tert-OH is 1. The average Bonchev–Trinajstić information content (AvgIpc) is 2.69. The lowest BCUT2D eigenvalue weighted by atomic mass is 10.2. The summed E-state index contributed by atoms with van der Waals surface area (Å²) in [5.41, 5.74) is 1.21. The van der Waals surface area contributed by atoms with Crippen molar-refractivity contribution in [3.8, 4) is 0 Å². The van der Waals surface area contributed by atoms with E-state index in [1.165, 1.54) is 12.0 Å². The van der Waals surface area contributed by atoms with Gasteiger partial charge in [0, 0.05) is 18.8 Å². The molecule has 0 amide bonds. The topological polar surface area (TPSA) is 36.4 Å². The van der Waals surface area contributed by atoms with E-state index in [2.05, 4.69) is 31.9 Å². The minimum atomic E-state index is 0.268. The van der Waals surface area contributed by atoms with Crippen LogP contribution in [0.15, 0.2) is 22.9 Å². The van der Waals surface area contributed by atoms with Crippen LogP contribution in [0.1, 0.15) is 18.4 Å². The minimum absolute atomic E-state index is 0.268. The van der Waals surface area contributed by atoms with Crippen LogP contribution in [0.25, 0.3) is 0 Å². The fraction of sp³-hybridized carbons (Fsp3) is 0.545. The maximum absolute atomic E-state index is 9.19. The van der Waals surface area contributed by atoms with E-state index in [4.69, 9.17) is 0 Å². The number of aromatic nitrogens is 1. The molecule has 82 valence electrons. The highest BCUT2D eigenvalue weighted by Crippen LogP contribution is 2.19. The maximum atomic E-state index is 9.19. The molecule has 2 heterocycles. The van der Waals surface area contributed by atoms with Gasteiger partial charge in [0.25, 0.3) is 0 Å². The lowest BCUT2D eigenvalue weighted by Gasteiger charge is -2.22. The van der Waals surface area contributed by atoms with Crippen LogP contribution < -0.4 is 0 Å². The largest absolute Gasteiger partial charge is 0.395 e. The van der Waals surface area contributed by atoms with E-state index in [9.17, 15) is 5.11 Å². The van der Waals surface area contributed by atoms with Crippen LogP contribution in [0, 0.1) is 0 Å². The van der Waals surface area contributed by atoms with Gasteiger partial charge in [-0.05, 0) is 46.9 Å². The molecule has 0 saturated carbocycles. The van der Waals surface area contributed by atoms with Gasteiger partial charge in [-0.1, -0.05) is 6.07 Å². The maximum Gasteiger partial charge on any atom is 0.106 e. The zero-order valence-corrected chi connectivity index (χ0v) is 10.2. The van der Waals surface area contributed by atoms with Crippen LogP contribution in [0.4, 0.5) is 0 Å². The SMILES string of the molecule is OC[C@@H]1CCCN1Cc1ccc(Br)nc1. The minimum Gasteiger partial charge on any atom is -0.395 e. The highest BCUT2D eigenvalue weighted by molar-refractivity contribution is 9.10. The van der Waals surface area contributed by atoms with Crippen molar-refractivity contribution in [3.05, 3.63) is 28.5 Å². The van der Waals surface area contributed by atoms with E-state index in [0.29, 0.717) is 6.04 Å². The van der Waals surface area contributed by atoms with Gasteiger partial charge in [0.2, 0.25) is 0 Å². The molecule has 1 aromatic heterocycles. The van der Waals surface area contributed by atoms with E-state index >= 15 is 0 Å². The van der Waals surface area contributed by atoms with Gasteiger partial charge < -0.3 is 5.11 Å². The number of rotatable bonds is 3. The summed E-state index contributed by atoms with van der Waals surface area (Å²) in [4.78, 5) is 6.52. The molecule has 0 bridgehead atoms. The van der Waals surface area contributed by atoms with Crippen molar-refractivity contribution < 1.29 is 5.11 Å². The summed E-state index contributed by atoms with van der Waals surface area (Å²) >= 11 is 3.32. The highest BCUT2D eigenvalue weighted by Gasteiger charge is 2.23. The second-order valence-corrected chi connectivity index (χ2v) is 4.75. The third-order valence-electron chi connectivity index (χ3n) is 2.88. The van der Waals surface area contributed by atoms with Crippen molar-refractivity contribution in [2.75, 3.05) is 13.2 Å². The smallest absolute Gasteiger partial charge is 0.106 e. The fourth-order valence-corrected chi connectivity index (χ4v) is 2.28. The summed E-state index contributed by atoms with van der Waals surface area (Å²) in [6.45, 7) is 2.25. The number of hydrogen-bond acceptors (Lipinski definition) is 3. The molecule has 1 aromatic rings. The Hall–Kier alpha value is -0.450. The Kier molecular flexibility index (Phi) is 3.72. The van der Waals surface area contributed by atoms with E-state index in [-0.39, 0.29) is 6.61 Å². The van der Waals surface area contributed by atoms with Gasteiger partial charge in [-0.25, -0.2) is 4.98 Å². The van der Waals surface area contributed by atoms with Crippen LogP contribution in [0.5, 0.6) is 0 Å². The van der Waals surface area contributed by atoms with Gasteiger partial charge in [0.15, 0.2) is 0 Å². The van der Waals surface area contributed by atoms with Crippen LogP contribution in [0.2, 0.25) is 0 Å². The average molecular weight is 271 g/mol. The first-order valence-corrected chi connectivity index (χ1v) is 6.04. The summed E-state index contributed by atoms with van der Waals surface area (Å²) in [7, 11) is 0. The third-order valence-corrected chi connectivity index (χ3v) is 3.35. The molecule has 1 N–H and O–H groups in total. The van der Waals surface area contributed by atoms with Crippen LogP contribution in [-0.4, -0.2) is 34.2 Å². The Morgan fingerprint density at radius 2 is 2.40 bits per heavy atom. The number of likely N-dealkylation sites (tertiary alicyclic amines) is 1. The zero-order valence-electron chi connectivity index (χ0n) is 8.56. The van der Waals surface area contributed by atoms with Gasteiger partial charge in [0.1, 0.15) is 4.60 Å². The molecule has 1 atom stereocenters. The Morgan fingerprint density at radius 1 is 1.53 bits per heavy atom. The van der Waals surface area contributed by atoms with Crippen molar-refractivity contribution in [3.63, 3.8) is 0 Å². The molecule has 0 unspecified atom stereocenters. The molecule has 0 radical (unpaired) electrons. The van der Waals surface area contributed by atoms with Crippen molar-refractivity contribution in [1.29, 1.82) is 0 Å². The van der Waals surface area contributed by atoms with Crippen LogP contribution in [0.3, 0.4) is 0 Å². The summed E-state index contributed by atoms with van der Waals surface area (Å²) < 4.78 is 0.867. The normalized spacial score (nSPS) is 22.1. The zero-order chi connectivity index (χ0) is 10.7. The van der Waals surface area contributed by atoms with E-state index < -0.39 is 0 Å². The predicted molar refractivity (Wildman–Crippen MR) is 62.5 cm³/mol. The molecular formula is C11H15BrN2O. The van der Waals surface area contributed by atoms with Gasteiger partial charge in [0.05, 0.1) is 6.61 Å². The molecule has 1 aliphatic rings. The number of nitrogens with zero attached hydrogens (tertiary/aromatic N) is 2. The van der Waals surface area contributed by atoms with Crippen molar-refractivity contribution >= 4 is 15.9 Å². The number of aliphatic hydroxyl groups is 1. The summed E-state index contributed by atoms with van der Waals surface area (Å²) in [6.07, 6.45) is 4.19. The second kappa shape index (κ2) is 5.05. The van der Waals surface area contributed by atoms with Crippen molar-refractivity contribution in [2.24, 2.45) is 0 Å². The van der Waals surface area contributed by atoms with E-state index in [0.717, 1.165) is 24.1 Å². The van der Waals surface area contributed by atoms with Gasteiger partial charge in [-0.2, -0.15) is 0 Å². The number of hydrogen-bond donors (Lipinski definition) is 1. The second-order valence-electron chi connectivity index (χ2n) is 3.94. The van der Waals surface area contributed by atoms with E-state index in [1.54, 1.807) is 0 Å². The highest BCUT2D eigenvalue weighted by atomic mass is 79.9. The quantitative estimate of drug-likeness (QED) is 0.852. The monoisotopic (exact) mass is 270 g/mol. The van der Waals surface area contributed by atoms with Crippen molar-refractivity contribution in [1.82, 2.24) is 9.88 Å². The van der Waals surface area contributed by atoms with Crippen molar-refractivity contribution in [2.45, 2.75) is 25.4 Å². The lowest BCUT2D eigenvalue weighted by Crippen LogP contribution is -2.31. The molecular weight excluding hydrogens is 256 g/mol. The molecule has 1 aliphatic heterocycles. The molecule has 4 heteroatoms. The summed E-state index contributed by atoms with van der Waals surface area (Å²) in [5.74, 6) is 0. The molecule has 2 rings (SSSR count). The Morgan fingerprint density at radius 3 is 3.07 bits per heavy atom. The molecule has 1 fully saturated rings. The molecule has 0 spiro atoms. The van der Waals surface area contributed by atoms with Gasteiger partial charge in [-0.15, -0.1) is 0 Å². The van der Waals surface area contributed by atoms with Crippen LogP contribution >= 0.6 is 15.9 Å². The lowest BCUT2D eigenvalue weighted by molar-refractivity contribution is 0.153. The Balaban J connectivity index is 1.99. The third kappa shape index (κ3) is 2.77. The Bertz CT molecular complexity index is 315. The molecule has 15 heavy (non-hydrogen) atoms. The molecule has 0 aliphatic carbocycles. The molecule has 0 aromatic carbocycles. The number of pyridine rings is 1. The van der Waals surface area contributed by atoms with Gasteiger partial charge >= 0.3 is 0 Å². The van der Waals surface area contributed by atoms with Gasteiger partial charge in [-0.3, -0.25) is 4.90 Å². The van der Waals surface area contributed by atoms with E-state index in [1.807, 2.05) is 12.3 Å². The molecule has 3 nitrogen and oxygen atoms in total. The summed E-state index contributed by atoms with van der Waals surface area (Å²) in [5, 5.41) is 9.19. The first-order chi connectivity index (χ1) is 7.29.